The fourth-order valence-corrected chi connectivity index (χ4v) is 3.04. The normalized spacial score (nSPS) is 11.8. The molecule has 9 heteroatoms. The van der Waals surface area contributed by atoms with Crippen LogP contribution in [0.1, 0.15) is 5.82 Å². The Morgan fingerprint density at radius 2 is 2.20 bits per heavy atom. The largest absolute Gasteiger partial charge is 0.372 e. The molecule has 0 amide bonds. The van der Waals surface area contributed by atoms with Gasteiger partial charge in [-0.15, -0.1) is 0 Å². The molecule has 20 heavy (non-hydrogen) atoms. The average Bonchev–Trinajstić information content (AvgIpc) is 2.91. The van der Waals surface area contributed by atoms with E-state index in [-0.39, 0.29) is 16.5 Å². The Morgan fingerprint density at radius 1 is 1.45 bits per heavy atom. The molecule has 7 nitrogen and oxygen atoms in total. The van der Waals surface area contributed by atoms with Crippen LogP contribution in [0.3, 0.4) is 0 Å². The second-order valence-electron chi connectivity index (χ2n) is 4.05. The van der Waals surface area contributed by atoms with Crippen LogP contribution >= 0.6 is 11.6 Å². The highest BCUT2D eigenvalue weighted by Gasteiger charge is 2.23. The fraction of sp³-hybridized carbons (Fsp3) is 0.273. The smallest absolute Gasteiger partial charge is 0.244 e. The lowest BCUT2D eigenvalue weighted by atomic mass is 10.4. The Hall–Kier alpha value is -1.64. The Labute approximate surface area is 122 Å². The number of H-pyrrole nitrogens is 1. The molecular weight excluding hydrogens is 302 g/mol. The van der Waals surface area contributed by atoms with Crippen molar-refractivity contribution >= 4 is 27.4 Å². The molecule has 0 aromatic carbocycles. The minimum absolute atomic E-state index is 0.0376. The number of hydrogen-bond donors (Lipinski definition) is 2. The van der Waals surface area contributed by atoms with E-state index >= 15 is 0 Å². The molecule has 108 valence electrons. The van der Waals surface area contributed by atoms with Crippen LogP contribution in [0.25, 0.3) is 0 Å². The maximum absolute atomic E-state index is 12.4. The van der Waals surface area contributed by atoms with Gasteiger partial charge in [-0.25, -0.2) is 18.4 Å². The number of halogens is 1. The number of rotatable bonds is 5. The summed E-state index contributed by atoms with van der Waals surface area (Å²) in [6.45, 7) is 0.140. The standard InChI is InChI=1S/C11H14ClN5O2S/c1-13-11-9(12)5-8(6-16-11)20(18,19)17(2)7-10-14-3-4-15-10/h3-6H,7H2,1-2H3,(H,13,16)(H,14,15). The highest BCUT2D eigenvalue weighted by Crippen LogP contribution is 2.24. The predicted octanol–water partition coefficient (Wildman–Crippen LogP) is 1.32. The van der Waals surface area contributed by atoms with Crippen LogP contribution < -0.4 is 5.32 Å². The van der Waals surface area contributed by atoms with Crippen molar-refractivity contribution in [2.75, 3.05) is 19.4 Å². The molecule has 0 saturated heterocycles. The van der Waals surface area contributed by atoms with E-state index in [0.717, 1.165) is 0 Å². The first-order valence-corrected chi connectivity index (χ1v) is 7.55. The summed E-state index contributed by atoms with van der Waals surface area (Å²) >= 11 is 5.96. The number of pyridine rings is 1. The van der Waals surface area contributed by atoms with Crippen LogP contribution in [0.5, 0.6) is 0 Å². The summed E-state index contributed by atoms with van der Waals surface area (Å²) in [7, 11) is -0.536. The van der Waals surface area contributed by atoms with Crippen molar-refractivity contribution in [1.82, 2.24) is 19.3 Å². The van der Waals surface area contributed by atoms with Crippen LogP contribution in [-0.2, 0) is 16.6 Å². The third-order valence-corrected chi connectivity index (χ3v) is 4.75. The van der Waals surface area contributed by atoms with Crippen molar-refractivity contribution in [2.45, 2.75) is 11.4 Å². The SMILES string of the molecule is CNc1ncc(S(=O)(=O)N(C)Cc2ncc[nH]2)cc1Cl. The second kappa shape index (κ2) is 5.78. The van der Waals surface area contributed by atoms with E-state index < -0.39 is 10.0 Å². The highest BCUT2D eigenvalue weighted by atomic mass is 35.5. The van der Waals surface area contributed by atoms with Gasteiger partial charge in [0.2, 0.25) is 10.0 Å². The van der Waals surface area contributed by atoms with Crippen LogP contribution in [0.4, 0.5) is 5.82 Å². The van der Waals surface area contributed by atoms with E-state index in [1.165, 1.54) is 23.6 Å². The third-order valence-electron chi connectivity index (χ3n) is 2.69. The summed E-state index contributed by atoms with van der Waals surface area (Å²) in [5, 5.41) is 3.02. The van der Waals surface area contributed by atoms with Gasteiger partial charge < -0.3 is 10.3 Å². The molecule has 0 aliphatic carbocycles. The van der Waals surface area contributed by atoms with Gasteiger partial charge in [0.1, 0.15) is 16.5 Å². The van der Waals surface area contributed by atoms with Crippen LogP contribution in [-0.4, -0.2) is 41.8 Å². The van der Waals surface area contributed by atoms with Crippen molar-refractivity contribution in [2.24, 2.45) is 0 Å². The molecule has 2 rings (SSSR count). The molecule has 2 N–H and O–H groups in total. The van der Waals surface area contributed by atoms with E-state index in [1.54, 1.807) is 19.4 Å². The van der Waals surface area contributed by atoms with E-state index in [0.29, 0.717) is 11.6 Å². The minimum atomic E-state index is -3.66. The summed E-state index contributed by atoms with van der Waals surface area (Å²) < 4.78 is 25.9. The number of nitrogens with one attached hydrogen (secondary N) is 2. The molecule has 0 spiro atoms. The molecule has 2 aromatic heterocycles. The summed E-state index contributed by atoms with van der Waals surface area (Å²) in [6.07, 6.45) is 4.47. The average molecular weight is 316 g/mol. The Morgan fingerprint density at radius 3 is 2.75 bits per heavy atom. The molecule has 0 unspecified atom stereocenters. The van der Waals surface area contributed by atoms with Gasteiger partial charge in [0, 0.05) is 32.7 Å². The van der Waals surface area contributed by atoms with Gasteiger partial charge in [-0.3, -0.25) is 0 Å². The topological polar surface area (TPSA) is 91.0 Å². The van der Waals surface area contributed by atoms with E-state index in [9.17, 15) is 8.42 Å². The zero-order valence-corrected chi connectivity index (χ0v) is 12.5. The van der Waals surface area contributed by atoms with Gasteiger partial charge in [-0.1, -0.05) is 11.6 Å². The molecule has 0 aliphatic rings. The van der Waals surface area contributed by atoms with Gasteiger partial charge in [-0.05, 0) is 6.07 Å². The first-order chi connectivity index (χ1) is 9.45. The van der Waals surface area contributed by atoms with Crippen molar-refractivity contribution in [3.63, 3.8) is 0 Å². The van der Waals surface area contributed by atoms with Crippen LogP contribution in [0, 0.1) is 0 Å². The lowest BCUT2D eigenvalue weighted by Gasteiger charge is -2.16. The second-order valence-corrected chi connectivity index (χ2v) is 6.50. The summed E-state index contributed by atoms with van der Waals surface area (Å²) in [5.74, 6) is 0.987. The molecular formula is C11H14ClN5O2S. The van der Waals surface area contributed by atoms with E-state index in [2.05, 4.69) is 20.3 Å². The lowest BCUT2D eigenvalue weighted by molar-refractivity contribution is 0.458. The number of nitrogens with zero attached hydrogens (tertiary/aromatic N) is 3. The zero-order valence-electron chi connectivity index (χ0n) is 11.0. The van der Waals surface area contributed by atoms with Gasteiger partial charge in [0.15, 0.2) is 0 Å². The van der Waals surface area contributed by atoms with Gasteiger partial charge in [0.05, 0.1) is 11.6 Å². The summed E-state index contributed by atoms with van der Waals surface area (Å²) in [4.78, 5) is 10.9. The molecule has 0 bridgehead atoms. The maximum Gasteiger partial charge on any atom is 0.244 e. The Kier molecular flexibility index (Phi) is 4.26. The monoisotopic (exact) mass is 315 g/mol. The Balaban J connectivity index is 2.27. The molecule has 0 aliphatic heterocycles. The summed E-state index contributed by atoms with van der Waals surface area (Å²) in [5.41, 5.74) is 0. The fourth-order valence-electron chi connectivity index (χ4n) is 1.61. The molecule has 0 fully saturated rings. The van der Waals surface area contributed by atoms with Crippen LogP contribution in [0.2, 0.25) is 5.02 Å². The first kappa shape index (κ1) is 14.8. The van der Waals surface area contributed by atoms with Crippen molar-refractivity contribution in [1.29, 1.82) is 0 Å². The van der Waals surface area contributed by atoms with Crippen molar-refractivity contribution in [3.05, 3.63) is 35.5 Å². The van der Waals surface area contributed by atoms with Crippen LogP contribution in [0.15, 0.2) is 29.6 Å². The number of imidazole rings is 1. The predicted molar refractivity (Wildman–Crippen MR) is 76.0 cm³/mol. The maximum atomic E-state index is 12.4. The number of aromatic amines is 1. The quantitative estimate of drug-likeness (QED) is 0.868. The highest BCUT2D eigenvalue weighted by molar-refractivity contribution is 7.89. The van der Waals surface area contributed by atoms with Crippen molar-refractivity contribution in [3.8, 4) is 0 Å². The summed E-state index contributed by atoms with van der Waals surface area (Å²) in [6, 6.07) is 1.37. The number of hydrogen-bond acceptors (Lipinski definition) is 5. The van der Waals surface area contributed by atoms with E-state index in [4.69, 9.17) is 11.6 Å². The van der Waals surface area contributed by atoms with Gasteiger partial charge in [0.25, 0.3) is 0 Å². The molecule has 2 aromatic rings. The molecule has 2 heterocycles. The number of aromatic nitrogens is 3. The molecule has 0 saturated carbocycles. The van der Waals surface area contributed by atoms with Gasteiger partial charge in [-0.2, -0.15) is 4.31 Å². The van der Waals surface area contributed by atoms with Gasteiger partial charge >= 0.3 is 0 Å². The lowest BCUT2D eigenvalue weighted by Crippen LogP contribution is -2.27. The Bertz CT molecular complexity index is 687. The number of anilines is 1. The first-order valence-electron chi connectivity index (χ1n) is 5.73. The van der Waals surface area contributed by atoms with Crippen molar-refractivity contribution < 1.29 is 8.42 Å². The zero-order chi connectivity index (χ0) is 14.8. The molecule has 0 radical (unpaired) electrons. The minimum Gasteiger partial charge on any atom is -0.372 e. The van der Waals surface area contributed by atoms with E-state index in [1.807, 2.05) is 0 Å². The third kappa shape index (κ3) is 2.92. The molecule has 0 atom stereocenters. The number of sulfonamides is 1.